The van der Waals surface area contributed by atoms with Gasteiger partial charge in [-0.3, -0.25) is 9.71 Å². The Labute approximate surface area is 201 Å². The summed E-state index contributed by atoms with van der Waals surface area (Å²) in [4.78, 5) is 10.5. The van der Waals surface area contributed by atoms with Crippen molar-refractivity contribution < 1.29 is 8.42 Å². The molecule has 0 radical (unpaired) electrons. The number of nitrogens with zero attached hydrogens (tertiary/aromatic N) is 7. The lowest BCUT2D eigenvalue weighted by molar-refractivity contribution is 0.0713. The second-order valence-corrected chi connectivity index (χ2v) is 10.4. The maximum absolute atomic E-state index is 11.6. The van der Waals surface area contributed by atoms with Crippen LogP contribution in [0.4, 0.5) is 5.82 Å². The number of anilines is 1. The standard InChI is InChI=1S/C24H20N8O2S/c1-35(33,34)31-23-6-2-5-20(29-23)17-10-19(18-4-3-9-27-21(18)11-17)22-15-28-32(30-22)24(7-8-25)12-16(13-24)14-26/h2-6,9-11,15-16H,7,12-13H2,1H3,(H,29,31)/t16-,24-. The summed E-state index contributed by atoms with van der Waals surface area (Å²) in [5.74, 6) is 0.110. The van der Waals surface area contributed by atoms with Crippen LogP contribution in [-0.4, -0.2) is 39.6 Å². The molecule has 1 aliphatic rings. The van der Waals surface area contributed by atoms with Crippen LogP contribution >= 0.6 is 0 Å². The highest BCUT2D eigenvalue weighted by Crippen LogP contribution is 2.45. The van der Waals surface area contributed by atoms with Crippen LogP contribution in [0.2, 0.25) is 0 Å². The zero-order chi connectivity index (χ0) is 24.6. The van der Waals surface area contributed by atoms with E-state index >= 15 is 0 Å². The summed E-state index contributed by atoms with van der Waals surface area (Å²) in [5, 5.41) is 28.6. The number of aromatic nitrogens is 5. The normalized spacial score (nSPS) is 19.5. The van der Waals surface area contributed by atoms with Gasteiger partial charge < -0.3 is 0 Å². The number of benzene rings is 1. The molecule has 1 N–H and O–H groups in total. The Morgan fingerprint density at radius 2 is 2.00 bits per heavy atom. The van der Waals surface area contributed by atoms with Crippen molar-refractivity contribution in [3.05, 3.63) is 54.9 Å². The Morgan fingerprint density at radius 1 is 1.17 bits per heavy atom. The van der Waals surface area contributed by atoms with Crippen molar-refractivity contribution in [3.63, 3.8) is 0 Å². The Hall–Kier alpha value is -4.35. The van der Waals surface area contributed by atoms with E-state index in [1.54, 1.807) is 35.4 Å². The molecule has 0 aliphatic heterocycles. The molecule has 5 rings (SSSR count). The van der Waals surface area contributed by atoms with E-state index in [0.29, 0.717) is 24.2 Å². The van der Waals surface area contributed by atoms with E-state index in [0.717, 1.165) is 28.3 Å². The van der Waals surface area contributed by atoms with Crippen LogP contribution in [0, 0.1) is 28.6 Å². The Morgan fingerprint density at radius 3 is 2.74 bits per heavy atom. The van der Waals surface area contributed by atoms with Gasteiger partial charge in [-0.25, -0.2) is 13.4 Å². The summed E-state index contributed by atoms with van der Waals surface area (Å²) < 4.78 is 25.7. The quantitative estimate of drug-likeness (QED) is 0.437. The van der Waals surface area contributed by atoms with Crippen LogP contribution in [0.3, 0.4) is 0 Å². The number of pyridine rings is 2. The van der Waals surface area contributed by atoms with E-state index < -0.39 is 15.6 Å². The van der Waals surface area contributed by atoms with Crippen molar-refractivity contribution >= 4 is 26.7 Å². The van der Waals surface area contributed by atoms with E-state index in [-0.39, 0.29) is 18.2 Å². The SMILES string of the molecule is CS(=O)(=O)Nc1cccc(-c2cc(-c3cnn([C@]4(CC#N)C[C@@H](C#N)C4)n3)c3cccnc3c2)n1. The number of fused-ring (bicyclic) bond motifs is 1. The van der Waals surface area contributed by atoms with Gasteiger partial charge in [-0.15, -0.1) is 0 Å². The van der Waals surface area contributed by atoms with Gasteiger partial charge in [-0.1, -0.05) is 12.1 Å². The van der Waals surface area contributed by atoms with Crippen molar-refractivity contribution in [3.8, 4) is 34.7 Å². The van der Waals surface area contributed by atoms with Gasteiger partial charge in [0.15, 0.2) is 0 Å². The summed E-state index contributed by atoms with van der Waals surface area (Å²) in [5.41, 5.74) is 2.83. The van der Waals surface area contributed by atoms with Crippen LogP contribution in [0.15, 0.2) is 54.9 Å². The molecule has 0 atom stereocenters. The number of rotatable bonds is 6. The predicted octanol–water partition coefficient (Wildman–Crippen LogP) is 3.47. The molecule has 0 unspecified atom stereocenters. The third-order valence-corrected chi connectivity index (χ3v) is 6.67. The molecule has 0 spiro atoms. The van der Waals surface area contributed by atoms with E-state index in [1.807, 2.05) is 24.3 Å². The molecule has 1 aliphatic carbocycles. The van der Waals surface area contributed by atoms with Crippen LogP contribution in [-0.2, 0) is 15.6 Å². The average molecular weight is 485 g/mol. The van der Waals surface area contributed by atoms with Crippen molar-refractivity contribution in [1.29, 1.82) is 10.5 Å². The van der Waals surface area contributed by atoms with E-state index in [2.05, 4.69) is 31.9 Å². The zero-order valence-corrected chi connectivity index (χ0v) is 19.6. The molecule has 1 aromatic carbocycles. The molecule has 0 saturated heterocycles. The van der Waals surface area contributed by atoms with Crippen LogP contribution in [0.25, 0.3) is 33.4 Å². The summed E-state index contributed by atoms with van der Waals surface area (Å²) in [6.07, 6.45) is 5.73. The minimum absolute atomic E-state index is 0.106. The first-order valence-corrected chi connectivity index (χ1v) is 12.7. The van der Waals surface area contributed by atoms with Crippen LogP contribution in [0.5, 0.6) is 0 Å². The lowest BCUT2D eigenvalue weighted by Gasteiger charge is -2.42. The van der Waals surface area contributed by atoms with E-state index in [1.165, 1.54) is 0 Å². The lowest BCUT2D eigenvalue weighted by atomic mass is 9.68. The molecule has 11 heteroatoms. The van der Waals surface area contributed by atoms with Gasteiger partial charge in [0, 0.05) is 22.7 Å². The smallest absolute Gasteiger partial charge is 0.230 e. The Kier molecular flexibility index (Phi) is 5.42. The number of hydrogen-bond donors (Lipinski definition) is 1. The molecule has 3 aromatic heterocycles. The van der Waals surface area contributed by atoms with E-state index in [9.17, 15) is 18.9 Å². The molecule has 10 nitrogen and oxygen atoms in total. The maximum atomic E-state index is 11.6. The summed E-state index contributed by atoms with van der Waals surface area (Å²) >= 11 is 0. The molecular formula is C24H20N8O2S. The average Bonchev–Trinajstić information content (AvgIpc) is 3.30. The minimum atomic E-state index is -3.47. The summed E-state index contributed by atoms with van der Waals surface area (Å²) in [6.45, 7) is 0. The molecule has 0 bridgehead atoms. The largest absolute Gasteiger partial charge is 0.268 e. The highest BCUT2D eigenvalue weighted by molar-refractivity contribution is 7.92. The maximum Gasteiger partial charge on any atom is 0.230 e. The first-order valence-electron chi connectivity index (χ1n) is 10.8. The molecular weight excluding hydrogens is 464 g/mol. The highest BCUT2D eigenvalue weighted by atomic mass is 32.2. The van der Waals surface area contributed by atoms with Crippen LogP contribution in [0.1, 0.15) is 19.3 Å². The van der Waals surface area contributed by atoms with Gasteiger partial charge in [0.2, 0.25) is 10.0 Å². The van der Waals surface area contributed by atoms with Crippen molar-refractivity contribution in [1.82, 2.24) is 25.0 Å². The predicted molar refractivity (Wildman–Crippen MR) is 129 cm³/mol. The second kappa shape index (κ2) is 8.46. The fourth-order valence-electron chi connectivity index (χ4n) is 4.47. The van der Waals surface area contributed by atoms with Crippen molar-refractivity contribution in [2.45, 2.75) is 24.8 Å². The van der Waals surface area contributed by atoms with Gasteiger partial charge in [-0.05, 0) is 43.2 Å². The van der Waals surface area contributed by atoms with Gasteiger partial charge in [0.25, 0.3) is 0 Å². The Bertz CT molecular complexity index is 1630. The number of nitriles is 2. The first-order chi connectivity index (χ1) is 16.8. The second-order valence-electron chi connectivity index (χ2n) is 8.69. The monoisotopic (exact) mass is 484 g/mol. The van der Waals surface area contributed by atoms with Crippen LogP contribution < -0.4 is 4.72 Å². The summed E-state index contributed by atoms with van der Waals surface area (Å²) in [7, 11) is -3.47. The molecule has 174 valence electrons. The lowest BCUT2D eigenvalue weighted by Crippen LogP contribution is -2.47. The fraction of sp³-hybridized carbons (Fsp3) is 0.250. The van der Waals surface area contributed by atoms with Gasteiger partial charge in [0.1, 0.15) is 11.5 Å². The van der Waals surface area contributed by atoms with Crippen molar-refractivity contribution in [2.75, 3.05) is 11.0 Å². The number of sulfonamides is 1. The third-order valence-electron chi connectivity index (χ3n) is 6.09. The third kappa shape index (κ3) is 4.29. The molecule has 0 amide bonds. The Balaban J connectivity index is 1.60. The molecule has 1 saturated carbocycles. The summed E-state index contributed by atoms with van der Waals surface area (Å²) in [6, 6.07) is 17.1. The number of nitrogens with one attached hydrogen (secondary N) is 1. The minimum Gasteiger partial charge on any atom is -0.268 e. The zero-order valence-electron chi connectivity index (χ0n) is 18.8. The van der Waals surface area contributed by atoms with Gasteiger partial charge in [0.05, 0.1) is 53.7 Å². The fourth-order valence-corrected chi connectivity index (χ4v) is 4.97. The van der Waals surface area contributed by atoms with Crippen molar-refractivity contribution in [2.24, 2.45) is 5.92 Å². The molecule has 3 heterocycles. The van der Waals surface area contributed by atoms with Gasteiger partial charge in [-0.2, -0.15) is 25.5 Å². The molecule has 35 heavy (non-hydrogen) atoms. The van der Waals surface area contributed by atoms with Gasteiger partial charge >= 0.3 is 0 Å². The molecule has 1 fully saturated rings. The first kappa shape index (κ1) is 22.4. The van der Waals surface area contributed by atoms with E-state index in [4.69, 9.17) is 5.10 Å². The number of hydrogen-bond acceptors (Lipinski definition) is 8. The molecule has 4 aromatic rings. The topological polar surface area (TPSA) is 150 Å². The highest BCUT2D eigenvalue weighted by Gasteiger charge is 2.48.